The van der Waals surface area contributed by atoms with Gasteiger partial charge in [-0.05, 0) is 12.0 Å². The molecule has 3 heteroatoms. The maximum Gasteiger partial charge on any atom is 0.178 e. The number of para-hydroxylation sites is 1. The number of fused-ring (bicyclic) bond motifs is 1. The number of alkyl halides is 1. The van der Waals surface area contributed by atoms with Gasteiger partial charge in [0, 0.05) is 23.8 Å². The predicted molar refractivity (Wildman–Crippen MR) is 58.4 cm³/mol. The monoisotopic (exact) mass is 222 g/mol. The first-order chi connectivity index (χ1) is 7.31. The van der Waals surface area contributed by atoms with E-state index in [0.29, 0.717) is 18.1 Å². The molecule has 0 unspecified atom stereocenters. The van der Waals surface area contributed by atoms with Crippen LogP contribution in [0.25, 0.3) is 11.0 Å². The van der Waals surface area contributed by atoms with Gasteiger partial charge in [0.15, 0.2) is 17.2 Å². The van der Waals surface area contributed by atoms with E-state index in [4.69, 9.17) is 16.0 Å². The fourth-order valence-corrected chi connectivity index (χ4v) is 1.38. The molecule has 0 atom stereocenters. The van der Waals surface area contributed by atoms with Gasteiger partial charge in [-0.1, -0.05) is 18.1 Å². The van der Waals surface area contributed by atoms with E-state index in [1.54, 1.807) is 18.2 Å². The van der Waals surface area contributed by atoms with Gasteiger partial charge < -0.3 is 4.42 Å². The van der Waals surface area contributed by atoms with Gasteiger partial charge in [-0.15, -0.1) is 11.6 Å². The van der Waals surface area contributed by atoms with Crippen molar-refractivity contribution in [1.82, 2.24) is 0 Å². The Morgan fingerprint density at radius 1 is 1.40 bits per heavy atom. The Bertz CT molecular complexity index is 533. The predicted octanol–water partition coefficient (Wildman–Crippen LogP) is 3.55. The van der Waals surface area contributed by atoms with Crippen molar-refractivity contribution < 1.29 is 8.81 Å². The van der Waals surface area contributed by atoms with Gasteiger partial charge in [-0.25, -0.2) is 4.39 Å². The van der Waals surface area contributed by atoms with Gasteiger partial charge in [-0.2, -0.15) is 0 Å². The summed E-state index contributed by atoms with van der Waals surface area (Å²) in [5, 5.41) is 0.727. The van der Waals surface area contributed by atoms with E-state index in [1.807, 2.05) is 0 Å². The fraction of sp³-hybridized carbons (Fsp3) is 0.167. The number of rotatable bonds is 1. The Hall–Kier alpha value is -1.46. The smallest absolute Gasteiger partial charge is 0.178 e. The highest BCUT2D eigenvalue weighted by Crippen LogP contribution is 2.21. The molecule has 0 N–H and O–H groups in total. The minimum absolute atomic E-state index is 0.257. The molecule has 2 rings (SSSR count). The van der Waals surface area contributed by atoms with Crippen molar-refractivity contribution in [2.75, 3.05) is 5.88 Å². The van der Waals surface area contributed by atoms with E-state index < -0.39 is 0 Å². The van der Waals surface area contributed by atoms with E-state index in [1.165, 1.54) is 6.07 Å². The minimum atomic E-state index is -0.363. The largest absolute Gasteiger partial charge is 0.445 e. The van der Waals surface area contributed by atoms with Crippen LogP contribution in [0.5, 0.6) is 0 Å². The lowest BCUT2D eigenvalue weighted by Gasteiger charge is -1.87. The van der Waals surface area contributed by atoms with Crippen molar-refractivity contribution in [2.45, 2.75) is 6.42 Å². The summed E-state index contributed by atoms with van der Waals surface area (Å²) in [6.07, 6.45) is 0.598. The van der Waals surface area contributed by atoms with Crippen LogP contribution < -0.4 is 0 Å². The van der Waals surface area contributed by atoms with Crippen LogP contribution in [0, 0.1) is 17.7 Å². The van der Waals surface area contributed by atoms with Crippen molar-refractivity contribution in [3.05, 3.63) is 35.8 Å². The lowest BCUT2D eigenvalue weighted by atomic mass is 10.2. The molecule has 0 saturated carbocycles. The second-order valence-corrected chi connectivity index (χ2v) is 3.39. The lowest BCUT2D eigenvalue weighted by molar-refractivity contribution is 0.552. The van der Waals surface area contributed by atoms with Crippen LogP contribution in [0.4, 0.5) is 4.39 Å². The molecule has 0 spiro atoms. The third-order valence-corrected chi connectivity index (χ3v) is 2.12. The van der Waals surface area contributed by atoms with Gasteiger partial charge in [0.05, 0.1) is 0 Å². The zero-order valence-corrected chi connectivity index (χ0v) is 8.64. The van der Waals surface area contributed by atoms with E-state index in [0.717, 1.165) is 5.39 Å². The molecule has 0 aliphatic heterocycles. The molecule has 0 amide bonds. The van der Waals surface area contributed by atoms with Gasteiger partial charge in [0.25, 0.3) is 0 Å². The van der Waals surface area contributed by atoms with Crippen molar-refractivity contribution in [3.63, 3.8) is 0 Å². The Balaban J connectivity index is 2.40. The van der Waals surface area contributed by atoms with Crippen LogP contribution in [0.15, 0.2) is 28.7 Å². The second kappa shape index (κ2) is 4.37. The minimum Gasteiger partial charge on any atom is -0.445 e. The average Bonchev–Trinajstić information content (AvgIpc) is 2.63. The molecule has 0 saturated heterocycles. The van der Waals surface area contributed by atoms with Crippen LogP contribution in [-0.4, -0.2) is 5.88 Å². The summed E-state index contributed by atoms with van der Waals surface area (Å²) >= 11 is 5.48. The Kier molecular flexibility index (Phi) is 2.94. The van der Waals surface area contributed by atoms with E-state index >= 15 is 0 Å². The summed E-state index contributed by atoms with van der Waals surface area (Å²) in [6, 6.07) is 6.51. The standard InChI is InChI=1S/C12H8ClFO/c13-7-2-1-5-10-8-9-4-3-6-11(14)12(9)15-10/h3-4,6,8H,2,7H2. The normalized spacial score (nSPS) is 10.0. The number of furan rings is 1. The maximum atomic E-state index is 13.2. The Morgan fingerprint density at radius 2 is 2.27 bits per heavy atom. The topological polar surface area (TPSA) is 13.1 Å². The van der Waals surface area contributed by atoms with Crippen LogP contribution in [0.3, 0.4) is 0 Å². The molecule has 76 valence electrons. The van der Waals surface area contributed by atoms with Crippen LogP contribution in [-0.2, 0) is 0 Å². The van der Waals surface area contributed by atoms with Crippen LogP contribution >= 0.6 is 11.6 Å². The van der Waals surface area contributed by atoms with Crippen LogP contribution in [0.2, 0.25) is 0 Å². The van der Waals surface area contributed by atoms with Gasteiger partial charge >= 0.3 is 0 Å². The first-order valence-corrected chi connectivity index (χ1v) is 5.07. The Labute approximate surface area is 91.8 Å². The van der Waals surface area contributed by atoms with Crippen molar-refractivity contribution in [2.24, 2.45) is 0 Å². The molecular weight excluding hydrogens is 215 g/mol. The summed E-state index contributed by atoms with van der Waals surface area (Å²) in [4.78, 5) is 0. The van der Waals surface area contributed by atoms with Gasteiger partial charge in [0.1, 0.15) is 0 Å². The molecule has 0 aliphatic rings. The van der Waals surface area contributed by atoms with E-state index in [2.05, 4.69) is 11.8 Å². The fourth-order valence-electron chi connectivity index (χ4n) is 1.29. The molecule has 1 aromatic carbocycles. The zero-order valence-electron chi connectivity index (χ0n) is 7.89. The molecule has 1 heterocycles. The number of hydrogen-bond acceptors (Lipinski definition) is 1. The molecule has 15 heavy (non-hydrogen) atoms. The second-order valence-electron chi connectivity index (χ2n) is 3.01. The Morgan fingerprint density at radius 3 is 3.00 bits per heavy atom. The van der Waals surface area contributed by atoms with E-state index in [-0.39, 0.29) is 11.4 Å². The number of benzene rings is 1. The SMILES string of the molecule is Fc1cccc2cc(C#CCCCl)oc12. The quantitative estimate of drug-likeness (QED) is 0.531. The summed E-state index contributed by atoms with van der Waals surface area (Å²) in [7, 11) is 0. The number of halogens is 2. The van der Waals surface area contributed by atoms with E-state index in [9.17, 15) is 4.39 Å². The highest BCUT2D eigenvalue weighted by atomic mass is 35.5. The number of hydrogen-bond donors (Lipinski definition) is 0. The molecule has 0 aliphatic carbocycles. The molecule has 0 bridgehead atoms. The molecule has 1 aromatic heterocycles. The molecule has 0 radical (unpaired) electrons. The lowest BCUT2D eigenvalue weighted by Crippen LogP contribution is -1.71. The summed E-state index contributed by atoms with van der Waals surface area (Å²) < 4.78 is 18.5. The highest BCUT2D eigenvalue weighted by molar-refractivity contribution is 6.18. The van der Waals surface area contributed by atoms with Crippen molar-refractivity contribution >= 4 is 22.6 Å². The summed E-state index contributed by atoms with van der Waals surface area (Å²) in [6.45, 7) is 0. The maximum absolute atomic E-state index is 13.2. The first kappa shape index (κ1) is 10.1. The van der Waals surface area contributed by atoms with Crippen molar-refractivity contribution in [3.8, 4) is 11.8 Å². The van der Waals surface area contributed by atoms with Crippen molar-refractivity contribution in [1.29, 1.82) is 0 Å². The van der Waals surface area contributed by atoms with Gasteiger partial charge in [0.2, 0.25) is 0 Å². The highest BCUT2D eigenvalue weighted by Gasteiger charge is 2.05. The third kappa shape index (κ3) is 2.14. The van der Waals surface area contributed by atoms with Crippen LogP contribution in [0.1, 0.15) is 12.2 Å². The summed E-state index contributed by atoms with van der Waals surface area (Å²) in [5.41, 5.74) is 0.257. The molecular formula is C12H8ClFO. The van der Waals surface area contributed by atoms with Gasteiger partial charge in [-0.3, -0.25) is 0 Å². The average molecular weight is 223 g/mol. The first-order valence-electron chi connectivity index (χ1n) is 4.54. The zero-order chi connectivity index (χ0) is 10.7. The molecule has 2 aromatic rings. The third-order valence-electron chi connectivity index (χ3n) is 1.93. The molecule has 1 nitrogen and oxygen atoms in total. The summed E-state index contributed by atoms with van der Waals surface area (Å²) in [5.74, 6) is 6.23. The molecule has 0 fully saturated rings.